The van der Waals surface area contributed by atoms with Crippen LogP contribution in [0.1, 0.15) is 38.5 Å². The number of esters is 1. The first-order valence-electron chi connectivity index (χ1n) is 9.68. The zero-order chi connectivity index (χ0) is 20.4. The van der Waals surface area contributed by atoms with Crippen LogP contribution in [0.2, 0.25) is 5.02 Å². The van der Waals surface area contributed by atoms with Gasteiger partial charge in [-0.2, -0.15) is 0 Å². The van der Waals surface area contributed by atoms with E-state index in [-0.39, 0.29) is 28.5 Å². The van der Waals surface area contributed by atoms with E-state index in [2.05, 4.69) is 4.99 Å². The van der Waals surface area contributed by atoms with E-state index in [4.69, 9.17) is 28.6 Å². The van der Waals surface area contributed by atoms with Gasteiger partial charge in [0.15, 0.2) is 3.95 Å². The van der Waals surface area contributed by atoms with E-state index in [0.717, 1.165) is 55.6 Å². The van der Waals surface area contributed by atoms with E-state index in [9.17, 15) is 9.18 Å². The van der Waals surface area contributed by atoms with Gasteiger partial charge in [-0.15, -0.1) is 11.8 Å². The van der Waals surface area contributed by atoms with Crippen molar-refractivity contribution < 1.29 is 13.9 Å². The highest BCUT2D eigenvalue weighted by Crippen LogP contribution is 2.33. The molecule has 0 unspecified atom stereocenters. The Morgan fingerprint density at radius 3 is 2.76 bits per heavy atom. The van der Waals surface area contributed by atoms with E-state index >= 15 is 0 Å². The van der Waals surface area contributed by atoms with Gasteiger partial charge in [0.25, 0.3) is 0 Å². The minimum absolute atomic E-state index is 0.0319. The molecular formula is C19H21ClFN3O2S3. The number of thioether (sulfide) groups is 1. The molecule has 2 aliphatic rings. The lowest BCUT2D eigenvalue weighted by Gasteiger charge is -2.16. The fraction of sp³-hybridized carbons (Fsp3) is 0.526. The smallest absolute Gasteiger partial charge is 0.316 e. The standard InChI is InChI=1S/C19H21ClFN3O2S3/c20-13-9-14(21)15(22-18-23-7-3-4-8-24(23)19(27)29-18)10-16(13)28-11-17(25)26-12-5-1-2-6-12/h9-10,12H,1-8,11H2/b22-18+. The highest BCUT2D eigenvalue weighted by atomic mass is 35.5. The summed E-state index contributed by atoms with van der Waals surface area (Å²) in [5, 5.41) is 0.263. The molecule has 10 heteroatoms. The molecule has 0 atom stereocenters. The molecule has 5 nitrogen and oxygen atoms in total. The van der Waals surface area contributed by atoms with E-state index in [0.29, 0.717) is 9.70 Å². The summed E-state index contributed by atoms with van der Waals surface area (Å²) in [5.41, 5.74) is 0.193. The number of nitrogens with zero attached hydrogens (tertiary/aromatic N) is 3. The molecular weight excluding hydrogens is 453 g/mol. The largest absolute Gasteiger partial charge is 0.462 e. The number of rotatable bonds is 5. The number of carbonyl (C=O) groups is 1. The van der Waals surface area contributed by atoms with Crippen LogP contribution in [0.25, 0.3) is 0 Å². The molecule has 0 amide bonds. The van der Waals surface area contributed by atoms with Gasteiger partial charge in [0.05, 0.1) is 10.8 Å². The van der Waals surface area contributed by atoms with Crippen LogP contribution in [-0.2, 0) is 22.6 Å². The SMILES string of the molecule is O=C(CSc1cc(/N=c2/sc(=S)n3n2CCCC3)c(F)cc1Cl)OC1CCCC1. The van der Waals surface area contributed by atoms with Crippen LogP contribution >= 0.6 is 46.9 Å². The summed E-state index contributed by atoms with van der Waals surface area (Å²) >= 11 is 14.2. The first-order valence-corrected chi connectivity index (χ1v) is 12.3. The van der Waals surface area contributed by atoms with Crippen molar-refractivity contribution in [3.05, 3.63) is 31.7 Å². The second kappa shape index (κ2) is 9.32. The molecule has 156 valence electrons. The predicted molar refractivity (Wildman–Crippen MR) is 116 cm³/mol. The third-order valence-electron chi connectivity index (χ3n) is 5.05. The van der Waals surface area contributed by atoms with Gasteiger partial charge in [0.1, 0.15) is 17.6 Å². The van der Waals surface area contributed by atoms with Crippen molar-refractivity contribution in [1.82, 2.24) is 9.36 Å². The van der Waals surface area contributed by atoms with Crippen LogP contribution in [0.4, 0.5) is 10.1 Å². The van der Waals surface area contributed by atoms with Crippen LogP contribution in [0.15, 0.2) is 22.0 Å². The topological polar surface area (TPSA) is 48.5 Å². The van der Waals surface area contributed by atoms with Crippen LogP contribution in [0.5, 0.6) is 0 Å². The zero-order valence-electron chi connectivity index (χ0n) is 15.7. The van der Waals surface area contributed by atoms with Gasteiger partial charge in [-0.05, 0) is 62.9 Å². The van der Waals surface area contributed by atoms with Crippen LogP contribution in [-0.4, -0.2) is 27.2 Å². The van der Waals surface area contributed by atoms with E-state index in [1.807, 2.05) is 9.36 Å². The number of fused-ring (bicyclic) bond motifs is 1. The highest BCUT2D eigenvalue weighted by molar-refractivity contribution is 8.00. The minimum atomic E-state index is -0.498. The summed E-state index contributed by atoms with van der Waals surface area (Å²) < 4.78 is 24.7. The van der Waals surface area contributed by atoms with Gasteiger partial charge in [0.2, 0.25) is 4.80 Å². The maximum Gasteiger partial charge on any atom is 0.316 e. The maximum absolute atomic E-state index is 14.5. The van der Waals surface area contributed by atoms with Gasteiger partial charge >= 0.3 is 5.97 Å². The number of benzene rings is 1. The molecule has 4 rings (SSSR count). The van der Waals surface area contributed by atoms with E-state index in [1.54, 1.807) is 6.07 Å². The van der Waals surface area contributed by atoms with Crippen LogP contribution in [0.3, 0.4) is 0 Å². The highest BCUT2D eigenvalue weighted by Gasteiger charge is 2.20. The summed E-state index contributed by atoms with van der Waals surface area (Å²) in [6, 6.07) is 2.84. The lowest BCUT2D eigenvalue weighted by molar-refractivity contribution is -0.145. The molecule has 1 aromatic carbocycles. The van der Waals surface area contributed by atoms with E-state index < -0.39 is 5.82 Å². The Bertz CT molecular complexity index is 1040. The Labute approximate surface area is 186 Å². The van der Waals surface area contributed by atoms with Crippen molar-refractivity contribution in [2.45, 2.75) is 62.6 Å². The average Bonchev–Trinajstić information content (AvgIpc) is 3.31. The molecule has 0 spiro atoms. The molecule has 2 heterocycles. The normalized spacial score (nSPS) is 17.5. The molecule has 2 aromatic rings. The predicted octanol–water partition coefficient (Wildman–Crippen LogP) is 5.48. The molecule has 1 aromatic heterocycles. The van der Waals surface area contributed by atoms with Crippen molar-refractivity contribution in [2.24, 2.45) is 4.99 Å². The van der Waals surface area contributed by atoms with Crippen molar-refractivity contribution >= 4 is 58.6 Å². The molecule has 0 saturated heterocycles. The van der Waals surface area contributed by atoms with Crippen LogP contribution in [0, 0.1) is 9.77 Å². The number of aromatic nitrogens is 2. The van der Waals surface area contributed by atoms with Gasteiger partial charge < -0.3 is 4.74 Å². The number of carbonyl (C=O) groups excluding carboxylic acids is 1. The molecule has 0 bridgehead atoms. The quantitative estimate of drug-likeness (QED) is 0.328. The lowest BCUT2D eigenvalue weighted by Crippen LogP contribution is -2.27. The first-order chi connectivity index (χ1) is 14.0. The lowest BCUT2D eigenvalue weighted by atomic mass is 10.3. The van der Waals surface area contributed by atoms with Crippen molar-refractivity contribution in [3.8, 4) is 0 Å². The molecule has 29 heavy (non-hydrogen) atoms. The Morgan fingerprint density at radius 2 is 2.00 bits per heavy atom. The Hall–Kier alpha value is -1.16. The fourth-order valence-corrected chi connectivity index (χ4v) is 5.95. The van der Waals surface area contributed by atoms with Gasteiger partial charge in [-0.3, -0.25) is 14.2 Å². The van der Waals surface area contributed by atoms with E-state index in [1.165, 1.54) is 29.2 Å². The third kappa shape index (κ3) is 4.95. The van der Waals surface area contributed by atoms with Gasteiger partial charge in [-0.1, -0.05) is 22.9 Å². The Kier molecular flexibility index (Phi) is 6.78. The minimum Gasteiger partial charge on any atom is -0.462 e. The molecule has 1 saturated carbocycles. The number of hydrogen-bond donors (Lipinski definition) is 0. The second-order valence-electron chi connectivity index (χ2n) is 7.13. The Balaban J connectivity index is 1.55. The average molecular weight is 474 g/mol. The maximum atomic E-state index is 14.5. The molecule has 1 aliphatic heterocycles. The molecule has 1 aliphatic carbocycles. The summed E-state index contributed by atoms with van der Waals surface area (Å²) in [4.78, 5) is 17.9. The number of ether oxygens (including phenoxy) is 1. The molecule has 0 N–H and O–H groups in total. The second-order valence-corrected chi connectivity index (χ2v) is 10.2. The summed E-state index contributed by atoms with van der Waals surface area (Å²) in [6.07, 6.45) is 6.24. The van der Waals surface area contributed by atoms with Crippen LogP contribution < -0.4 is 4.80 Å². The van der Waals surface area contributed by atoms with Crippen molar-refractivity contribution in [1.29, 1.82) is 0 Å². The van der Waals surface area contributed by atoms with Crippen molar-refractivity contribution in [2.75, 3.05) is 5.75 Å². The molecule has 0 radical (unpaired) electrons. The fourth-order valence-electron chi connectivity index (χ4n) is 3.60. The Morgan fingerprint density at radius 1 is 1.28 bits per heavy atom. The van der Waals surface area contributed by atoms with Gasteiger partial charge in [0, 0.05) is 18.0 Å². The summed E-state index contributed by atoms with van der Waals surface area (Å²) in [7, 11) is 0. The third-order valence-corrected chi connectivity index (χ3v) is 7.84. The first kappa shape index (κ1) is 21.1. The van der Waals surface area contributed by atoms with Gasteiger partial charge in [-0.25, -0.2) is 9.38 Å². The monoisotopic (exact) mass is 473 g/mol. The molecule has 1 fully saturated rings. The summed E-state index contributed by atoms with van der Waals surface area (Å²) in [5.74, 6) is -0.630. The zero-order valence-corrected chi connectivity index (χ0v) is 18.9. The van der Waals surface area contributed by atoms with Crippen molar-refractivity contribution in [3.63, 3.8) is 0 Å². The number of hydrogen-bond acceptors (Lipinski definition) is 6. The number of halogens is 2. The summed E-state index contributed by atoms with van der Waals surface area (Å²) in [6.45, 7) is 1.67.